The van der Waals surface area contributed by atoms with Gasteiger partial charge < -0.3 is 23.9 Å². The molecule has 3 rings (SSSR count). The average molecular weight is 412 g/mol. The first-order chi connectivity index (χ1) is 14.5. The lowest BCUT2D eigenvalue weighted by atomic mass is 10.2. The minimum absolute atomic E-state index is 0.0701. The third-order valence-electron chi connectivity index (χ3n) is 4.05. The Morgan fingerprint density at radius 2 is 1.77 bits per heavy atom. The molecule has 1 amide bonds. The molecule has 156 valence electrons. The van der Waals surface area contributed by atoms with E-state index in [0.717, 1.165) is 5.75 Å². The van der Waals surface area contributed by atoms with Crippen molar-refractivity contribution in [1.82, 2.24) is 0 Å². The van der Waals surface area contributed by atoms with Gasteiger partial charge in [0.25, 0.3) is 11.6 Å². The first kappa shape index (κ1) is 20.7. The van der Waals surface area contributed by atoms with Gasteiger partial charge in [-0.05, 0) is 49.4 Å². The van der Waals surface area contributed by atoms with E-state index in [2.05, 4.69) is 5.32 Å². The zero-order chi connectivity index (χ0) is 21.5. The molecule has 0 radical (unpaired) electrons. The van der Waals surface area contributed by atoms with Gasteiger partial charge in [-0.3, -0.25) is 14.9 Å². The molecule has 0 spiro atoms. The summed E-state index contributed by atoms with van der Waals surface area (Å²) in [4.78, 5) is 22.8. The lowest BCUT2D eigenvalue weighted by molar-refractivity contribution is -0.384. The minimum atomic E-state index is -0.544. The predicted molar refractivity (Wildman–Crippen MR) is 108 cm³/mol. The number of anilines is 1. The second-order valence-electron chi connectivity index (χ2n) is 6.05. The highest BCUT2D eigenvalue weighted by Gasteiger charge is 2.16. The summed E-state index contributed by atoms with van der Waals surface area (Å²) in [6, 6.07) is 14.2. The van der Waals surface area contributed by atoms with Crippen molar-refractivity contribution in [3.63, 3.8) is 0 Å². The van der Waals surface area contributed by atoms with Crippen molar-refractivity contribution >= 4 is 17.3 Å². The summed E-state index contributed by atoms with van der Waals surface area (Å²) in [6.45, 7) is 2.64. The molecular formula is C21H20N2O7. The van der Waals surface area contributed by atoms with E-state index in [4.69, 9.17) is 18.6 Å². The molecule has 0 aliphatic heterocycles. The summed E-state index contributed by atoms with van der Waals surface area (Å²) < 4.78 is 21.7. The molecule has 0 saturated carbocycles. The van der Waals surface area contributed by atoms with E-state index in [9.17, 15) is 14.9 Å². The van der Waals surface area contributed by atoms with Crippen LogP contribution < -0.4 is 19.5 Å². The number of carbonyl (C=O) groups is 1. The Bertz CT molecular complexity index is 1030. The maximum atomic E-state index is 12.4. The average Bonchev–Trinajstić information content (AvgIpc) is 3.23. The standard InChI is InChI=1S/C21H20N2O7/c1-3-28-15-5-7-16(8-6-15)29-13-17-9-11-19(30-17)21(24)22-18-10-4-14(23(25)26)12-20(18)27-2/h4-12H,3,13H2,1-2H3,(H,22,24). The fourth-order valence-electron chi connectivity index (χ4n) is 2.61. The zero-order valence-electron chi connectivity index (χ0n) is 16.4. The predicted octanol–water partition coefficient (Wildman–Crippen LogP) is 4.43. The molecule has 9 heteroatoms. The van der Waals surface area contributed by atoms with Crippen molar-refractivity contribution < 1.29 is 28.3 Å². The van der Waals surface area contributed by atoms with E-state index >= 15 is 0 Å². The SMILES string of the molecule is CCOc1ccc(OCc2ccc(C(=O)Nc3ccc([N+](=O)[O-])cc3OC)o2)cc1. The van der Waals surface area contributed by atoms with Crippen molar-refractivity contribution in [3.8, 4) is 17.2 Å². The van der Waals surface area contributed by atoms with E-state index in [0.29, 0.717) is 18.1 Å². The van der Waals surface area contributed by atoms with Gasteiger partial charge in [0.1, 0.15) is 29.6 Å². The van der Waals surface area contributed by atoms with Gasteiger partial charge in [-0.25, -0.2) is 0 Å². The third-order valence-corrected chi connectivity index (χ3v) is 4.05. The van der Waals surface area contributed by atoms with E-state index < -0.39 is 10.8 Å². The molecule has 30 heavy (non-hydrogen) atoms. The number of hydrogen-bond acceptors (Lipinski definition) is 7. The molecule has 0 aliphatic rings. The number of methoxy groups -OCH3 is 1. The van der Waals surface area contributed by atoms with E-state index in [1.807, 2.05) is 6.92 Å². The number of benzene rings is 2. The number of nitro benzene ring substituents is 1. The first-order valence-corrected chi connectivity index (χ1v) is 9.08. The van der Waals surface area contributed by atoms with Crippen LogP contribution in [0.3, 0.4) is 0 Å². The fourth-order valence-corrected chi connectivity index (χ4v) is 2.61. The number of hydrogen-bond donors (Lipinski definition) is 1. The molecule has 1 aromatic heterocycles. The summed E-state index contributed by atoms with van der Waals surface area (Å²) in [5.41, 5.74) is 0.147. The summed E-state index contributed by atoms with van der Waals surface area (Å²) in [5.74, 6) is 1.57. The van der Waals surface area contributed by atoms with Gasteiger partial charge in [-0.15, -0.1) is 0 Å². The molecule has 0 aliphatic carbocycles. The molecule has 0 unspecified atom stereocenters. The van der Waals surface area contributed by atoms with Crippen LogP contribution in [0.25, 0.3) is 0 Å². The summed E-state index contributed by atoms with van der Waals surface area (Å²) in [6.07, 6.45) is 0. The molecule has 0 saturated heterocycles. The van der Waals surface area contributed by atoms with Crippen LogP contribution in [-0.2, 0) is 6.61 Å². The lowest BCUT2D eigenvalue weighted by Gasteiger charge is -2.09. The van der Waals surface area contributed by atoms with Crippen molar-refractivity contribution in [2.24, 2.45) is 0 Å². The van der Waals surface area contributed by atoms with Crippen LogP contribution in [-0.4, -0.2) is 24.5 Å². The van der Waals surface area contributed by atoms with Crippen molar-refractivity contribution in [1.29, 1.82) is 0 Å². The summed E-state index contributed by atoms with van der Waals surface area (Å²) in [7, 11) is 1.36. The number of nitrogens with one attached hydrogen (secondary N) is 1. The van der Waals surface area contributed by atoms with E-state index in [1.165, 1.54) is 31.4 Å². The second kappa shape index (κ2) is 9.46. The normalized spacial score (nSPS) is 10.3. The smallest absolute Gasteiger partial charge is 0.291 e. The first-order valence-electron chi connectivity index (χ1n) is 9.08. The number of furan rings is 1. The number of rotatable bonds is 9. The second-order valence-corrected chi connectivity index (χ2v) is 6.05. The van der Waals surface area contributed by atoms with Gasteiger partial charge >= 0.3 is 0 Å². The molecule has 3 aromatic rings. The Morgan fingerprint density at radius 3 is 2.40 bits per heavy atom. The maximum absolute atomic E-state index is 12.4. The number of amides is 1. The quantitative estimate of drug-likeness (QED) is 0.409. The van der Waals surface area contributed by atoms with Crippen LogP contribution in [0.15, 0.2) is 59.0 Å². The van der Waals surface area contributed by atoms with Crippen molar-refractivity contribution in [2.75, 3.05) is 19.0 Å². The molecule has 0 fully saturated rings. The van der Waals surface area contributed by atoms with Crippen LogP contribution in [0.2, 0.25) is 0 Å². The Kier molecular flexibility index (Phi) is 6.53. The zero-order valence-corrected chi connectivity index (χ0v) is 16.4. The molecule has 1 heterocycles. The van der Waals surface area contributed by atoms with Crippen LogP contribution in [0.1, 0.15) is 23.2 Å². The highest BCUT2D eigenvalue weighted by atomic mass is 16.6. The number of nitrogens with zero attached hydrogens (tertiary/aromatic N) is 1. The van der Waals surface area contributed by atoms with E-state index in [-0.39, 0.29) is 29.5 Å². The van der Waals surface area contributed by atoms with Gasteiger partial charge in [0, 0.05) is 6.07 Å². The fraction of sp³-hybridized carbons (Fsp3) is 0.190. The molecule has 2 aromatic carbocycles. The molecule has 0 atom stereocenters. The van der Waals surface area contributed by atoms with Crippen molar-refractivity contribution in [2.45, 2.75) is 13.5 Å². The van der Waals surface area contributed by atoms with Crippen LogP contribution >= 0.6 is 0 Å². The highest BCUT2D eigenvalue weighted by Crippen LogP contribution is 2.29. The Morgan fingerprint density at radius 1 is 1.07 bits per heavy atom. The van der Waals surface area contributed by atoms with Crippen molar-refractivity contribution in [3.05, 3.63) is 76.2 Å². The Labute approximate surface area is 172 Å². The Hall–Kier alpha value is -4.01. The van der Waals surface area contributed by atoms with Gasteiger partial charge in [-0.2, -0.15) is 0 Å². The van der Waals surface area contributed by atoms with Crippen LogP contribution in [0.4, 0.5) is 11.4 Å². The number of non-ortho nitro benzene ring substituents is 1. The van der Waals surface area contributed by atoms with Gasteiger partial charge in [0.2, 0.25) is 0 Å². The number of nitro groups is 1. The molecule has 0 bridgehead atoms. The molecular weight excluding hydrogens is 392 g/mol. The number of carbonyl (C=O) groups excluding carboxylic acids is 1. The maximum Gasteiger partial charge on any atom is 0.291 e. The van der Waals surface area contributed by atoms with E-state index in [1.54, 1.807) is 30.3 Å². The van der Waals surface area contributed by atoms with Gasteiger partial charge in [0.15, 0.2) is 5.76 Å². The van der Waals surface area contributed by atoms with Crippen LogP contribution in [0, 0.1) is 10.1 Å². The largest absolute Gasteiger partial charge is 0.494 e. The van der Waals surface area contributed by atoms with Gasteiger partial charge in [0.05, 0.1) is 30.4 Å². The monoisotopic (exact) mass is 412 g/mol. The summed E-state index contributed by atoms with van der Waals surface area (Å²) in [5, 5.41) is 13.5. The lowest BCUT2D eigenvalue weighted by Crippen LogP contribution is -2.12. The van der Waals surface area contributed by atoms with Gasteiger partial charge in [-0.1, -0.05) is 0 Å². The number of ether oxygens (including phenoxy) is 3. The molecule has 9 nitrogen and oxygen atoms in total. The van der Waals surface area contributed by atoms with Crippen LogP contribution in [0.5, 0.6) is 17.2 Å². The third kappa shape index (κ3) is 5.07. The Balaban J connectivity index is 1.61. The minimum Gasteiger partial charge on any atom is -0.494 e. The molecule has 1 N–H and O–H groups in total. The highest BCUT2D eigenvalue weighted by molar-refractivity contribution is 6.03. The topological polar surface area (TPSA) is 113 Å². The summed E-state index contributed by atoms with van der Waals surface area (Å²) >= 11 is 0.